The van der Waals surface area contributed by atoms with Gasteiger partial charge in [-0.3, -0.25) is 4.90 Å². The van der Waals surface area contributed by atoms with Gasteiger partial charge in [0.25, 0.3) is 0 Å². The number of hydrogen-bond donors (Lipinski definition) is 2. The Labute approximate surface area is 108 Å². The van der Waals surface area contributed by atoms with Gasteiger partial charge in [-0.1, -0.05) is 25.6 Å². The number of nitrogens with zero attached hydrogens (tertiary/aromatic N) is 2. The maximum Gasteiger partial charge on any atom is 0.103 e. The molecule has 17 heavy (non-hydrogen) atoms. The second-order valence-electron chi connectivity index (χ2n) is 4.61. The Kier molecular flexibility index (Phi) is 4.12. The first-order valence-electron chi connectivity index (χ1n) is 6.27. The molecule has 2 atom stereocenters. The zero-order chi connectivity index (χ0) is 12.3. The zero-order valence-corrected chi connectivity index (χ0v) is 11.0. The van der Waals surface area contributed by atoms with Crippen LogP contribution in [0.4, 0.5) is 0 Å². The molecule has 5 heteroatoms. The highest BCUT2D eigenvalue weighted by molar-refractivity contribution is 7.80. The second-order valence-corrected chi connectivity index (χ2v) is 5.08. The monoisotopic (exact) mass is 252 g/mol. The first-order valence-corrected chi connectivity index (χ1v) is 6.68. The van der Waals surface area contributed by atoms with Crippen LogP contribution >= 0.6 is 12.2 Å². The van der Waals surface area contributed by atoms with Crippen LogP contribution in [0.15, 0.2) is 12.5 Å². The van der Waals surface area contributed by atoms with Crippen molar-refractivity contribution in [3.05, 3.63) is 18.2 Å². The van der Waals surface area contributed by atoms with Crippen molar-refractivity contribution in [1.29, 1.82) is 0 Å². The number of H-pyrrole nitrogens is 1. The van der Waals surface area contributed by atoms with Crippen LogP contribution < -0.4 is 5.73 Å². The van der Waals surface area contributed by atoms with E-state index >= 15 is 0 Å². The molecule has 0 amide bonds. The van der Waals surface area contributed by atoms with Crippen LogP contribution in [-0.2, 0) is 0 Å². The Morgan fingerprint density at radius 1 is 1.71 bits per heavy atom. The Morgan fingerprint density at radius 2 is 2.53 bits per heavy atom. The summed E-state index contributed by atoms with van der Waals surface area (Å²) in [6, 6.07) is 0.594. The third-order valence-electron chi connectivity index (χ3n) is 3.56. The quantitative estimate of drug-likeness (QED) is 0.805. The van der Waals surface area contributed by atoms with E-state index in [9.17, 15) is 0 Å². The highest BCUT2D eigenvalue weighted by Crippen LogP contribution is 2.29. The number of nitrogens with two attached hydrogens (primary N) is 1. The van der Waals surface area contributed by atoms with Gasteiger partial charge in [-0.05, 0) is 25.8 Å². The van der Waals surface area contributed by atoms with Crippen molar-refractivity contribution < 1.29 is 0 Å². The summed E-state index contributed by atoms with van der Waals surface area (Å²) in [6.45, 7) is 3.30. The molecule has 1 aromatic rings. The lowest BCUT2D eigenvalue weighted by atomic mass is 9.97. The van der Waals surface area contributed by atoms with Gasteiger partial charge in [0.15, 0.2) is 0 Å². The molecular weight excluding hydrogens is 232 g/mol. The lowest BCUT2D eigenvalue weighted by Crippen LogP contribution is -2.46. The van der Waals surface area contributed by atoms with Crippen LogP contribution in [-0.4, -0.2) is 32.4 Å². The number of aromatic amines is 1. The van der Waals surface area contributed by atoms with Gasteiger partial charge in [0.2, 0.25) is 0 Å². The topological polar surface area (TPSA) is 57.9 Å². The zero-order valence-electron chi connectivity index (χ0n) is 10.2. The molecule has 1 fully saturated rings. The van der Waals surface area contributed by atoms with Crippen LogP contribution in [0.25, 0.3) is 0 Å². The fourth-order valence-electron chi connectivity index (χ4n) is 2.71. The molecule has 0 saturated carbocycles. The Hall–Kier alpha value is -0.940. The number of hydrogen-bond acceptors (Lipinski definition) is 3. The van der Waals surface area contributed by atoms with Crippen molar-refractivity contribution in [2.75, 3.05) is 6.54 Å². The Bertz CT molecular complexity index is 363. The number of nitrogens with one attached hydrogen (secondary N) is 1. The number of piperidine rings is 1. The molecule has 0 aromatic carbocycles. The molecule has 0 aliphatic carbocycles. The fraction of sp³-hybridized carbons (Fsp3) is 0.667. The van der Waals surface area contributed by atoms with E-state index in [0.717, 1.165) is 18.7 Å². The number of aromatic nitrogens is 2. The predicted molar refractivity (Wildman–Crippen MR) is 72.8 cm³/mol. The molecule has 2 heterocycles. The predicted octanol–water partition coefficient (Wildman–Crippen LogP) is 2.00. The van der Waals surface area contributed by atoms with Crippen molar-refractivity contribution in [2.45, 2.75) is 44.7 Å². The van der Waals surface area contributed by atoms with E-state index in [4.69, 9.17) is 18.0 Å². The summed E-state index contributed by atoms with van der Waals surface area (Å²) in [5.74, 6) is 0. The maximum atomic E-state index is 5.92. The standard InChI is InChI=1S/C12H20N4S/c1-2-9-5-3-4-6-16(9)11(12(13)17)10-7-14-8-15-10/h7-9,11H,2-6H2,1H3,(H2,13,17)(H,14,15). The summed E-state index contributed by atoms with van der Waals surface area (Å²) in [7, 11) is 0. The molecule has 0 bridgehead atoms. The van der Waals surface area contributed by atoms with Crippen molar-refractivity contribution in [1.82, 2.24) is 14.9 Å². The molecule has 1 aliphatic heterocycles. The van der Waals surface area contributed by atoms with Crippen molar-refractivity contribution in [2.24, 2.45) is 5.73 Å². The normalized spacial score (nSPS) is 23.5. The minimum absolute atomic E-state index is 0.0118. The van der Waals surface area contributed by atoms with Crippen LogP contribution in [0.5, 0.6) is 0 Å². The average Bonchev–Trinajstić information content (AvgIpc) is 2.83. The summed E-state index contributed by atoms with van der Waals surface area (Å²) in [6.07, 6.45) is 8.43. The summed E-state index contributed by atoms with van der Waals surface area (Å²) in [4.78, 5) is 10.2. The molecule has 94 valence electrons. The number of likely N-dealkylation sites (tertiary alicyclic amines) is 1. The summed E-state index contributed by atoms with van der Waals surface area (Å²) >= 11 is 5.23. The Morgan fingerprint density at radius 3 is 3.12 bits per heavy atom. The lowest BCUT2D eigenvalue weighted by molar-refractivity contribution is 0.121. The lowest BCUT2D eigenvalue weighted by Gasteiger charge is -2.40. The fourth-order valence-corrected chi connectivity index (χ4v) is 2.98. The van der Waals surface area contributed by atoms with E-state index in [0.29, 0.717) is 11.0 Å². The SMILES string of the molecule is CCC1CCCCN1C(C(N)=S)c1cnc[nH]1. The van der Waals surface area contributed by atoms with E-state index in [1.807, 2.05) is 6.20 Å². The largest absolute Gasteiger partial charge is 0.392 e. The van der Waals surface area contributed by atoms with Gasteiger partial charge < -0.3 is 10.7 Å². The molecular formula is C12H20N4S. The van der Waals surface area contributed by atoms with Crippen molar-refractivity contribution >= 4 is 17.2 Å². The van der Waals surface area contributed by atoms with Gasteiger partial charge in [-0.15, -0.1) is 0 Å². The van der Waals surface area contributed by atoms with Gasteiger partial charge in [-0.2, -0.15) is 0 Å². The minimum Gasteiger partial charge on any atom is -0.392 e. The number of imidazole rings is 1. The van der Waals surface area contributed by atoms with E-state index < -0.39 is 0 Å². The molecule has 1 saturated heterocycles. The molecule has 3 N–H and O–H groups in total. The first-order chi connectivity index (χ1) is 8.24. The highest BCUT2D eigenvalue weighted by atomic mass is 32.1. The van der Waals surface area contributed by atoms with Gasteiger partial charge >= 0.3 is 0 Å². The molecule has 0 spiro atoms. The van der Waals surface area contributed by atoms with E-state index in [1.54, 1.807) is 6.33 Å². The van der Waals surface area contributed by atoms with Gasteiger partial charge in [-0.25, -0.2) is 4.98 Å². The second kappa shape index (κ2) is 5.60. The summed E-state index contributed by atoms with van der Waals surface area (Å²) in [5, 5.41) is 0. The van der Waals surface area contributed by atoms with E-state index in [2.05, 4.69) is 21.8 Å². The molecule has 2 unspecified atom stereocenters. The van der Waals surface area contributed by atoms with Crippen molar-refractivity contribution in [3.63, 3.8) is 0 Å². The average molecular weight is 252 g/mol. The molecule has 1 aromatic heterocycles. The van der Waals surface area contributed by atoms with E-state index in [-0.39, 0.29) is 6.04 Å². The molecule has 4 nitrogen and oxygen atoms in total. The molecule has 1 aliphatic rings. The summed E-state index contributed by atoms with van der Waals surface area (Å²) in [5.41, 5.74) is 6.93. The first kappa shape index (κ1) is 12.5. The minimum atomic E-state index is 0.0118. The van der Waals surface area contributed by atoms with Gasteiger partial charge in [0.1, 0.15) is 6.04 Å². The molecule has 2 rings (SSSR count). The highest BCUT2D eigenvalue weighted by Gasteiger charge is 2.31. The Balaban J connectivity index is 2.23. The maximum absolute atomic E-state index is 5.92. The number of thiocarbonyl (C=S) groups is 1. The van der Waals surface area contributed by atoms with Gasteiger partial charge in [0, 0.05) is 12.2 Å². The van der Waals surface area contributed by atoms with Crippen LogP contribution in [0.2, 0.25) is 0 Å². The third kappa shape index (κ3) is 2.66. The third-order valence-corrected chi connectivity index (χ3v) is 3.78. The van der Waals surface area contributed by atoms with Crippen LogP contribution in [0.3, 0.4) is 0 Å². The smallest absolute Gasteiger partial charge is 0.103 e. The van der Waals surface area contributed by atoms with E-state index in [1.165, 1.54) is 19.3 Å². The van der Waals surface area contributed by atoms with Gasteiger partial charge in [0.05, 0.1) is 17.0 Å². The summed E-state index contributed by atoms with van der Waals surface area (Å²) < 4.78 is 0. The van der Waals surface area contributed by atoms with Crippen LogP contribution in [0.1, 0.15) is 44.3 Å². The molecule has 0 radical (unpaired) electrons. The van der Waals surface area contributed by atoms with Crippen LogP contribution in [0, 0.1) is 0 Å². The van der Waals surface area contributed by atoms with Crippen molar-refractivity contribution in [3.8, 4) is 0 Å². The number of rotatable bonds is 4.